The van der Waals surface area contributed by atoms with E-state index in [0.29, 0.717) is 16.5 Å². The smallest absolute Gasteiger partial charge is 0.415 e. The third-order valence-corrected chi connectivity index (χ3v) is 6.81. The summed E-state index contributed by atoms with van der Waals surface area (Å²) in [7, 11) is 1.58. The zero-order valence-corrected chi connectivity index (χ0v) is 23.7. The number of carbonyl (C=O) groups is 3. The molecule has 3 amide bonds. The van der Waals surface area contributed by atoms with Gasteiger partial charge in [-0.1, -0.05) is 0 Å². The Balaban J connectivity index is 1.30. The molecule has 2 aromatic heterocycles. The van der Waals surface area contributed by atoms with E-state index in [9.17, 15) is 19.2 Å². The Kier molecular flexibility index (Phi) is 7.71. The molecule has 5 rings (SSSR count). The van der Waals surface area contributed by atoms with Gasteiger partial charge in [0.2, 0.25) is 0 Å². The third-order valence-electron chi connectivity index (χ3n) is 6.81. The molecular weight excluding hydrogens is 551 g/mol. The molecule has 2 aliphatic heterocycles. The number of cyclic esters (lactones) is 1. The molecule has 0 saturated carbocycles. The fourth-order valence-electron chi connectivity index (χ4n) is 4.80. The number of benzene rings is 1. The minimum atomic E-state index is -0.773. The van der Waals surface area contributed by atoms with E-state index in [4.69, 9.17) is 14.2 Å². The van der Waals surface area contributed by atoms with Gasteiger partial charge in [0, 0.05) is 38.2 Å². The number of fused-ring (bicyclic) bond motifs is 2. The Morgan fingerprint density at radius 3 is 2.71 bits per heavy atom. The summed E-state index contributed by atoms with van der Waals surface area (Å²) in [6.07, 6.45) is -0.125. The number of halogens is 1. The van der Waals surface area contributed by atoms with Crippen LogP contribution in [0.1, 0.15) is 32.8 Å². The van der Waals surface area contributed by atoms with Gasteiger partial charge in [-0.3, -0.25) is 14.5 Å². The maximum absolute atomic E-state index is 15.0. The zero-order chi connectivity index (χ0) is 30.2. The van der Waals surface area contributed by atoms with E-state index >= 15 is 4.39 Å². The van der Waals surface area contributed by atoms with Crippen LogP contribution in [0.2, 0.25) is 0 Å². The molecule has 42 heavy (non-hydrogen) atoms. The lowest BCUT2D eigenvalue weighted by atomic mass is 10.1. The second-order valence-corrected chi connectivity index (χ2v) is 11.0. The second kappa shape index (κ2) is 11.3. The van der Waals surface area contributed by atoms with E-state index in [2.05, 4.69) is 15.3 Å². The van der Waals surface area contributed by atoms with Crippen molar-refractivity contribution in [2.45, 2.75) is 45.3 Å². The van der Waals surface area contributed by atoms with Crippen molar-refractivity contribution < 1.29 is 33.0 Å². The fraction of sp³-hybridized carbons (Fsp3) is 0.429. The number of nitrogens with zero attached hydrogens (tertiary/aromatic N) is 5. The predicted molar refractivity (Wildman–Crippen MR) is 149 cm³/mol. The van der Waals surface area contributed by atoms with Crippen LogP contribution in [0.4, 0.5) is 25.6 Å². The normalized spacial score (nSPS) is 16.5. The number of hydrogen-bond acceptors (Lipinski definition) is 9. The average Bonchev–Trinajstić information content (AvgIpc) is 3.30. The molecule has 0 radical (unpaired) electrons. The first-order chi connectivity index (χ1) is 19.9. The topological polar surface area (TPSA) is 145 Å². The highest BCUT2D eigenvalue weighted by molar-refractivity contribution is 5.94. The Bertz CT molecular complexity index is 1620. The minimum Gasteiger partial charge on any atom is -0.465 e. The molecule has 1 atom stereocenters. The maximum Gasteiger partial charge on any atom is 0.415 e. The monoisotopic (exact) mass is 582 g/mol. The number of aryl methyl sites for hydroxylation is 1. The Morgan fingerprint density at radius 1 is 1.19 bits per heavy atom. The molecule has 0 bridgehead atoms. The van der Waals surface area contributed by atoms with E-state index in [1.165, 1.54) is 32.7 Å². The standard InChI is InChI=1S/C28H31FN6O7/c1-28(2,3)42-26(38)34(12-10-18-19(29)7-5-16-6-8-22(37)33(4)23(16)18)11-9-17-14-35(27(39)41-17)20-13-30-25-24(31-20)32-21(36)15-40-25/h5-8,13,17H,9-12,14-15H2,1-4H3,(H,31,32,36)/t17-/m0/s1. The van der Waals surface area contributed by atoms with Gasteiger partial charge in [0.1, 0.15) is 17.5 Å². The minimum absolute atomic E-state index is 0.0917. The van der Waals surface area contributed by atoms with Gasteiger partial charge >= 0.3 is 12.2 Å². The molecule has 0 unspecified atom stereocenters. The fourth-order valence-corrected chi connectivity index (χ4v) is 4.80. The maximum atomic E-state index is 15.0. The quantitative estimate of drug-likeness (QED) is 0.444. The van der Waals surface area contributed by atoms with Crippen molar-refractivity contribution in [1.29, 1.82) is 0 Å². The summed E-state index contributed by atoms with van der Waals surface area (Å²) < 4.78 is 32.7. The van der Waals surface area contributed by atoms with Crippen molar-refractivity contribution >= 4 is 40.6 Å². The molecule has 3 aromatic rings. The Morgan fingerprint density at radius 2 is 1.95 bits per heavy atom. The summed E-state index contributed by atoms with van der Waals surface area (Å²) in [4.78, 5) is 60.8. The predicted octanol–water partition coefficient (Wildman–Crippen LogP) is 2.99. The number of hydrogen-bond donors (Lipinski definition) is 1. The SMILES string of the molecule is Cn1c(=O)ccc2ccc(F)c(CCN(CC[C@H]3CN(c4cnc5c(n4)NC(=O)CO5)C(=O)O3)C(=O)OC(C)(C)C)c21. The first-order valence-corrected chi connectivity index (χ1v) is 13.4. The largest absolute Gasteiger partial charge is 0.465 e. The van der Waals surface area contributed by atoms with Crippen LogP contribution >= 0.6 is 0 Å². The number of rotatable bonds is 7. The summed E-state index contributed by atoms with van der Waals surface area (Å²) in [5.74, 6) is -0.440. The van der Waals surface area contributed by atoms with Gasteiger partial charge in [0.05, 0.1) is 18.3 Å². The van der Waals surface area contributed by atoms with Crippen molar-refractivity contribution in [3.8, 4) is 5.88 Å². The molecule has 0 aliphatic carbocycles. The van der Waals surface area contributed by atoms with Crippen LogP contribution in [0.5, 0.6) is 5.88 Å². The third kappa shape index (κ3) is 6.11. The molecule has 1 N–H and O–H groups in total. The summed E-state index contributed by atoms with van der Waals surface area (Å²) >= 11 is 0. The number of amides is 3. The van der Waals surface area contributed by atoms with Gasteiger partial charge < -0.3 is 29.0 Å². The van der Waals surface area contributed by atoms with Gasteiger partial charge in [-0.2, -0.15) is 0 Å². The number of pyridine rings is 1. The van der Waals surface area contributed by atoms with Gasteiger partial charge in [-0.15, -0.1) is 0 Å². The summed E-state index contributed by atoms with van der Waals surface area (Å²) in [5, 5.41) is 3.25. The molecular formula is C28H31FN6O7. The number of anilines is 2. The lowest BCUT2D eigenvalue weighted by Crippen LogP contribution is -2.40. The summed E-state index contributed by atoms with van der Waals surface area (Å²) in [6.45, 7) is 5.42. The lowest BCUT2D eigenvalue weighted by molar-refractivity contribution is -0.118. The Labute approximate surface area is 240 Å². The van der Waals surface area contributed by atoms with Crippen LogP contribution in [-0.2, 0) is 27.7 Å². The Hall–Kier alpha value is -4.75. The summed E-state index contributed by atoms with van der Waals surface area (Å²) in [6, 6.07) is 6.00. The molecule has 1 saturated heterocycles. The highest BCUT2D eigenvalue weighted by Gasteiger charge is 2.35. The molecule has 0 spiro atoms. The van der Waals surface area contributed by atoms with E-state index in [1.54, 1.807) is 40.0 Å². The molecule has 1 fully saturated rings. The van der Waals surface area contributed by atoms with E-state index in [1.807, 2.05) is 0 Å². The van der Waals surface area contributed by atoms with Crippen LogP contribution in [0.15, 0.2) is 35.3 Å². The second-order valence-electron chi connectivity index (χ2n) is 11.0. The van der Waals surface area contributed by atoms with Gasteiger partial charge in [0.15, 0.2) is 18.2 Å². The van der Waals surface area contributed by atoms with E-state index in [0.717, 1.165) is 0 Å². The van der Waals surface area contributed by atoms with Crippen molar-refractivity contribution in [1.82, 2.24) is 19.4 Å². The van der Waals surface area contributed by atoms with Gasteiger partial charge in [-0.05, 0) is 50.8 Å². The van der Waals surface area contributed by atoms with Gasteiger partial charge in [0.25, 0.3) is 17.3 Å². The van der Waals surface area contributed by atoms with Crippen LogP contribution in [0, 0.1) is 5.82 Å². The lowest BCUT2D eigenvalue weighted by Gasteiger charge is -2.28. The molecule has 4 heterocycles. The van der Waals surface area contributed by atoms with E-state index in [-0.39, 0.29) is 68.1 Å². The first-order valence-electron chi connectivity index (χ1n) is 13.4. The van der Waals surface area contributed by atoms with Crippen molar-refractivity contribution in [2.24, 2.45) is 7.05 Å². The number of aromatic nitrogens is 3. The first kappa shape index (κ1) is 28.8. The highest BCUT2D eigenvalue weighted by atomic mass is 19.1. The van der Waals surface area contributed by atoms with Crippen LogP contribution in [0.3, 0.4) is 0 Å². The van der Waals surface area contributed by atoms with Crippen LogP contribution < -0.4 is 20.5 Å². The molecule has 14 heteroatoms. The number of carbonyl (C=O) groups excluding carboxylic acids is 3. The van der Waals surface area contributed by atoms with Gasteiger partial charge in [-0.25, -0.2) is 23.9 Å². The van der Waals surface area contributed by atoms with Crippen molar-refractivity contribution in [3.05, 3.63) is 52.2 Å². The van der Waals surface area contributed by atoms with Crippen LogP contribution in [-0.4, -0.2) is 75.5 Å². The highest BCUT2D eigenvalue weighted by Crippen LogP contribution is 2.28. The number of nitrogens with one attached hydrogen (secondary N) is 1. The molecule has 1 aromatic carbocycles. The number of ether oxygens (including phenoxy) is 3. The van der Waals surface area contributed by atoms with Crippen LogP contribution in [0.25, 0.3) is 10.9 Å². The van der Waals surface area contributed by atoms with E-state index < -0.39 is 29.7 Å². The summed E-state index contributed by atoms with van der Waals surface area (Å²) in [5.41, 5.74) is -0.281. The zero-order valence-electron chi connectivity index (χ0n) is 23.7. The molecule has 2 aliphatic rings. The molecule has 222 valence electrons. The van der Waals surface area contributed by atoms with Crippen molar-refractivity contribution in [2.75, 3.05) is 36.5 Å². The molecule has 13 nitrogen and oxygen atoms in total. The van der Waals surface area contributed by atoms with Crippen molar-refractivity contribution in [3.63, 3.8) is 0 Å². The average molecular weight is 583 g/mol.